The largest absolute Gasteiger partial charge is 0.351 e. The zero-order valence-corrected chi connectivity index (χ0v) is 11.4. The average molecular weight is 283 g/mol. The molecular weight excluding hydrogens is 266 g/mol. The summed E-state index contributed by atoms with van der Waals surface area (Å²) < 4.78 is 0. The molecule has 1 fully saturated rings. The van der Waals surface area contributed by atoms with E-state index in [0.717, 1.165) is 30.8 Å². The van der Waals surface area contributed by atoms with Crippen LogP contribution in [0, 0.1) is 16.0 Å². The fourth-order valence-corrected chi connectivity index (χ4v) is 2.93. The molecule has 0 spiro atoms. The number of piperidine rings is 1. The third-order valence-corrected chi connectivity index (χ3v) is 4.27. The molecule has 1 atom stereocenters. The van der Waals surface area contributed by atoms with Crippen LogP contribution in [0.15, 0.2) is 12.1 Å². The molecule has 2 rings (SSSR count). The Morgan fingerprint density at radius 3 is 3.05 bits per heavy atom. The van der Waals surface area contributed by atoms with Crippen LogP contribution >= 0.6 is 11.3 Å². The molecule has 0 radical (unpaired) electrons. The molecule has 2 N–H and O–H groups in total. The normalized spacial score (nSPS) is 19.1. The second kappa shape index (κ2) is 6.63. The van der Waals surface area contributed by atoms with Gasteiger partial charge in [-0.3, -0.25) is 14.9 Å². The van der Waals surface area contributed by atoms with E-state index >= 15 is 0 Å². The summed E-state index contributed by atoms with van der Waals surface area (Å²) in [4.78, 5) is 22.2. The van der Waals surface area contributed by atoms with Crippen LogP contribution in [0.4, 0.5) is 5.00 Å². The highest BCUT2D eigenvalue weighted by atomic mass is 32.1. The van der Waals surface area contributed by atoms with Gasteiger partial charge in [0.2, 0.25) is 0 Å². The highest BCUT2D eigenvalue weighted by Crippen LogP contribution is 2.23. The first-order chi connectivity index (χ1) is 9.16. The van der Waals surface area contributed by atoms with Crippen LogP contribution in [0.3, 0.4) is 0 Å². The molecule has 7 heteroatoms. The third-order valence-electron chi connectivity index (χ3n) is 3.23. The second-order valence-electron chi connectivity index (χ2n) is 4.65. The van der Waals surface area contributed by atoms with Crippen LogP contribution < -0.4 is 10.6 Å². The number of hydrogen-bond acceptors (Lipinski definition) is 5. The van der Waals surface area contributed by atoms with Gasteiger partial charge in [-0.2, -0.15) is 0 Å². The van der Waals surface area contributed by atoms with E-state index in [1.165, 1.54) is 25.0 Å². The van der Waals surface area contributed by atoms with Crippen molar-refractivity contribution in [2.45, 2.75) is 19.3 Å². The van der Waals surface area contributed by atoms with Crippen LogP contribution in [-0.4, -0.2) is 30.5 Å². The van der Waals surface area contributed by atoms with Gasteiger partial charge in [-0.25, -0.2) is 0 Å². The van der Waals surface area contributed by atoms with Crippen LogP contribution in [0.2, 0.25) is 0 Å². The molecule has 0 bridgehead atoms. The molecule has 1 aromatic rings. The van der Waals surface area contributed by atoms with Gasteiger partial charge in [0.05, 0.1) is 9.80 Å². The van der Waals surface area contributed by atoms with Crippen molar-refractivity contribution in [2.75, 3.05) is 19.6 Å². The fraction of sp³-hybridized carbons (Fsp3) is 0.583. The average Bonchev–Trinajstić information content (AvgIpc) is 2.89. The predicted molar refractivity (Wildman–Crippen MR) is 73.5 cm³/mol. The van der Waals surface area contributed by atoms with E-state index in [9.17, 15) is 14.9 Å². The van der Waals surface area contributed by atoms with Crippen LogP contribution in [0.25, 0.3) is 0 Å². The lowest BCUT2D eigenvalue weighted by Gasteiger charge is -2.22. The Bertz CT molecular complexity index is 455. The van der Waals surface area contributed by atoms with E-state index in [1.807, 2.05) is 0 Å². The van der Waals surface area contributed by atoms with Crippen molar-refractivity contribution in [2.24, 2.45) is 5.92 Å². The van der Waals surface area contributed by atoms with Gasteiger partial charge in [-0.15, -0.1) is 0 Å². The van der Waals surface area contributed by atoms with Gasteiger partial charge in [0.15, 0.2) is 0 Å². The lowest BCUT2D eigenvalue weighted by Crippen LogP contribution is -2.33. The first-order valence-corrected chi connectivity index (χ1v) is 7.21. The van der Waals surface area contributed by atoms with E-state index < -0.39 is 4.92 Å². The van der Waals surface area contributed by atoms with Gasteiger partial charge >= 0.3 is 5.00 Å². The van der Waals surface area contributed by atoms with Crippen LogP contribution in [0.5, 0.6) is 0 Å². The lowest BCUT2D eigenvalue weighted by molar-refractivity contribution is -0.380. The maximum absolute atomic E-state index is 11.8. The van der Waals surface area contributed by atoms with E-state index in [4.69, 9.17) is 0 Å². The number of thiophene rings is 1. The van der Waals surface area contributed by atoms with Crippen molar-refractivity contribution >= 4 is 22.2 Å². The van der Waals surface area contributed by atoms with Gasteiger partial charge in [0.1, 0.15) is 0 Å². The van der Waals surface area contributed by atoms with Crippen molar-refractivity contribution in [1.29, 1.82) is 0 Å². The molecule has 1 aliphatic heterocycles. The number of rotatable bonds is 5. The van der Waals surface area contributed by atoms with Gasteiger partial charge in [-0.05, 0) is 44.3 Å². The molecule has 1 saturated heterocycles. The van der Waals surface area contributed by atoms with E-state index in [2.05, 4.69) is 10.6 Å². The fourth-order valence-electron chi connectivity index (χ4n) is 2.20. The summed E-state index contributed by atoms with van der Waals surface area (Å²) in [7, 11) is 0. The van der Waals surface area contributed by atoms with Crippen molar-refractivity contribution < 1.29 is 9.72 Å². The summed E-state index contributed by atoms with van der Waals surface area (Å²) >= 11 is 0.912. The second-order valence-corrected chi connectivity index (χ2v) is 5.71. The molecule has 104 valence electrons. The Balaban J connectivity index is 1.75. The van der Waals surface area contributed by atoms with Gasteiger partial charge in [-0.1, -0.05) is 11.3 Å². The number of amides is 1. The molecular formula is C12H17N3O3S. The van der Waals surface area contributed by atoms with E-state index in [-0.39, 0.29) is 10.9 Å². The Morgan fingerprint density at radius 2 is 2.42 bits per heavy atom. The summed E-state index contributed by atoms with van der Waals surface area (Å²) in [6, 6.07) is 2.87. The minimum atomic E-state index is -0.477. The third kappa shape index (κ3) is 4.00. The summed E-state index contributed by atoms with van der Waals surface area (Å²) in [6.07, 6.45) is 3.34. The molecule has 6 nitrogen and oxygen atoms in total. The van der Waals surface area contributed by atoms with E-state index in [1.54, 1.807) is 0 Å². The summed E-state index contributed by atoms with van der Waals surface area (Å²) in [5.74, 6) is 0.397. The number of carbonyl (C=O) groups is 1. The predicted octanol–water partition coefficient (Wildman–Crippen LogP) is 1.78. The van der Waals surface area contributed by atoms with E-state index in [0.29, 0.717) is 17.3 Å². The Morgan fingerprint density at radius 1 is 1.58 bits per heavy atom. The van der Waals surface area contributed by atoms with Crippen molar-refractivity contribution in [3.63, 3.8) is 0 Å². The highest BCUT2D eigenvalue weighted by molar-refractivity contribution is 7.17. The maximum atomic E-state index is 11.8. The minimum absolute atomic E-state index is 0.00151. The number of hydrogen-bond donors (Lipinski definition) is 2. The van der Waals surface area contributed by atoms with Gasteiger partial charge in [0.25, 0.3) is 5.91 Å². The van der Waals surface area contributed by atoms with Crippen LogP contribution in [-0.2, 0) is 0 Å². The molecule has 2 heterocycles. The monoisotopic (exact) mass is 283 g/mol. The Labute approximate surface area is 115 Å². The molecule has 1 aliphatic rings. The smallest absolute Gasteiger partial charge is 0.324 e. The molecule has 19 heavy (non-hydrogen) atoms. The number of nitrogens with zero attached hydrogens (tertiary/aromatic N) is 1. The summed E-state index contributed by atoms with van der Waals surface area (Å²) in [5.41, 5.74) is 0. The Hall–Kier alpha value is -1.47. The Kier molecular flexibility index (Phi) is 4.86. The SMILES string of the molecule is O=C(NCCC1CCCNC1)c1ccc([N+](=O)[O-])s1. The topological polar surface area (TPSA) is 84.3 Å². The number of nitro groups is 1. The van der Waals surface area contributed by atoms with Crippen LogP contribution in [0.1, 0.15) is 28.9 Å². The lowest BCUT2D eigenvalue weighted by atomic mass is 9.96. The zero-order chi connectivity index (χ0) is 13.7. The molecule has 1 aromatic heterocycles. The standard InChI is InChI=1S/C12H17N3O3S/c16-12(10-3-4-11(19-10)15(17)18)14-7-5-9-2-1-6-13-8-9/h3-4,9,13H,1-2,5-8H2,(H,14,16). The first kappa shape index (κ1) is 14.0. The molecule has 0 aromatic carbocycles. The minimum Gasteiger partial charge on any atom is -0.351 e. The van der Waals surface area contributed by atoms with Crippen molar-refractivity contribution in [3.05, 3.63) is 27.1 Å². The summed E-state index contributed by atoms with van der Waals surface area (Å²) in [5, 5.41) is 16.7. The number of nitrogens with one attached hydrogen (secondary N) is 2. The summed E-state index contributed by atoms with van der Waals surface area (Å²) in [6.45, 7) is 2.72. The number of carbonyl (C=O) groups excluding carboxylic acids is 1. The van der Waals surface area contributed by atoms with Crippen molar-refractivity contribution in [1.82, 2.24) is 10.6 Å². The van der Waals surface area contributed by atoms with Gasteiger partial charge in [0, 0.05) is 12.6 Å². The quantitative estimate of drug-likeness (QED) is 0.637. The maximum Gasteiger partial charge on any atom is 0.324 e. The molecule has 0 aliphatic carbocycles. The van der Waals surface area contributed by atoms with Gasteiger partial charge < -0.3 is 10.6 Å². The zero-order valence-electron chi connectivity index (χ0n) is 10.6. The molecule has 0 saturated carbocycles. The first-order valence-electron chi connectivity index (χ1n) is 6.40. The van der Waals surface area contributed by atoms with Crippen molar-refractivity contribution in [3.8, 4) is 0 Å². The highest BCUT2D eigenvalue weighted by Gasteiger charge is 2.16. The molecule has 1 amide bonds. The molecule has 1 unspecified atom stereocenters.